The van der Waals surface area contributed by atoms with Crippen LogP contribution in [0.1, 0.15) is 11.1 Å². The predicted molar refractivity (Wildman–Crippen MR) is 72.0 cm³/mol. The summed E-state index contributed by atoms with van der Waals surface area (Å²) >= 11 is 0. The van der Waals surface area contributed by atoms with Crippen molar-refractivity contribution in [2.45, 2.75) is 6.92 Å². The summed E-state index contributed by atoms with van der Waals surface area (Å²) in [7, 11) is 0.658. The standard InChI is InChI=1S/C15H14Si/c1-12-8-6-7-11-15(12)13(2)16-14-9-4-3-5-10-14/h3-11H,2H2,1H3. The molecule has 0 N–H and O–H groups in total. The van der Waals surface area contributed by atoms with Crippen molar-refractivity contribution in [2.75, 3.05) is 0 Å². The summed E-state index contributed by atoms with van der Waals surface area (Å²) in [4.78, 5) is 0. The van der Waals surface area contributed by atoms with Gasteiger partial charge in [-0.2, -0.15) is 0 Å². The lowest BCUT2D eigenvalue weighted by Gasteiger charge is -2.08. The van der Waals surface area contributed by atoms with Gasteiger partial charge in [0.05, 0.1) is 0 Å². The molecular weight excluding hydrogens is 208 g/mol. The third kappa shape index (κ3) is 2.50. The number of rotatable bonds is 3. The number of aryl methyl sites for hydroxylation is 1. The minimum absolute atomic E-state index is 0.658. The highest BCUT2D eigenvalue weighted by atomic mass is 28.2. The molecule has 0 bridgehead atoms. The van der Waals surface area contributed by atoms with Crippen LogP contribution in [0, 0.1) is 6.92 Å². The van der Waals surface area contributed by atoms with E-state index in [4.69, 9.17) is 0 Å². The molecule has 0 heterocycles. The van der Waals surface area contributed by atoms with Gasteiger partial charge in [0.1, 0.15) is 9.52 Å². The van der Waals surface area contributed by atoms with Gasteiger partial charge in [-0.15, -0.1) is 0 Å². The van der Waals surface area contributed by atoms with Gasteiger partial charge in [-0.25, -0.2) is 0 Å². The number of benzene rings is 2. The van der Waals surface area contributed by atoms with E-state index in [0.29, 0.717) is 9.52 Å². The zero-order valence-corrected chi connectivity index (χ0v) is 10.4. The van der Waals surface area contributed by atoms with E-state index in [1.54, 1.807) is 0 Å². The second-order valence-corrected chi connectivity index (χ2v) is 5.22. The summed E-state index contributed by atoms with van der Waals surface area (Å²) < 4.78 is 0. The largest absolute Gasteiger partial charge is 0.121 e. The van der Waals surface area contributed by atoms with E-state index in [9.17, 15) is 0 Å². The van der Waals surface area contributed by atoms with Crippen LogP contribution in [0.15, 0.2) is 61.2 Å². The number of hydrogen-bond acceptors (Lipinski definition) is 0. The summed E-state index contributed by atoms with van der Waals surface area (Å²) in [6.07, 6.45) is 0. The van der Waals surface area contributed by atoms with Crippen LogP contribution >= 0.6 is 0 Å². The smallest absolute Gasteiger partial charge is 0.0993 e. The van der Waals surface area contributed by atoms with E-state index in [-0.39, 0.29) is 0 Å². The Hall–Kier alpha value is -1.60. The maximum atomic E-state index is 4.19. The Morgan fingerprint density at radius 2 is 1.56 bits per heavy atom. The van der Waals surface area contributed by atoms with Crippen LogP contribution in [0.25, 0.3) is 5.20 Å². The normalized spacial score (nSPS) is 10.1. The van der Waals surface area contributed by atoms with Crippen molar-refractivity contribution in [3.05, 3.63) is 72.3 Å². The highest BCUT2D eigenvalue weighted by Gasteiger charge is 2.04. The second kappa shape index (κ2) is 4.95. The van der Waals surface area contributed by atoms with Gasteiger partial charge in [0, 0.05) is 0 Å². The van der Waals surface area contributed by atoms with Crippen LogP contribution in [-0.4, -0.2) is 9.52 Å². The van der Waals surface area contributed by atoms with Gasteiger partial charge in [0.15, 0.2) is 0 Å². The Kier molecular flexibility index (Phi) is 3.37. The highest BCUT2D eigenvalue weighted by Crippen LogP contribution is 2.15. The molecule has 0 aliphatic heterocycles. The lowest BCUT2D eigenvalue weighted by Crippen LogP contribution is -2.14. The molecule has 0 nitrogen and oxygen atoms in total. The molecule has 0 aliphatic carbocycles. The van der Waals surface area contributed by atoms with Crippen LogP contribution in [0.3, 0.4) is 0 Å². The van der Waals surface area contributed by atoms with Gasteiger partial charge in [0.2, 0.25) is 0 Å². The van der Waals surface area contributed by atoms with Crippen molar-refractivity contribution in [3.63, 3.8) is 0 Å². The molecule has 2 aromatic carbocycles. The Morgan fingerprint density at radius 1 is 0.938 bits per heavy atom. The molecule has 0 aliphatic rings. The predicted octanol–water partition coefficient (Wildman–Crippen LogP) is 3.00. The maximum absolute atomic E-state index is 4.19. The molecule has 0 saturated heterocycles. The molecule has 0 atom stereocenters. The first-order valence-electron chi connectivity index (χ1n) is 5.34. The zero-order chi connectivity index (χ0) is 11.4. The van der Waals surface area contributed by atoms with Crippen LogP contribution < -0.4 is 5.19 Å². The summed E-state index contributed by atoms with van der Waals surface area (Å²) in [5, 5.41) is 2.56. The van der Waals surface area contributed by atoms with Crippen molar-refractivity contribution in [3.8, 4) is 0 Å². The molecule has 0 amide bonds. The SMILES string of the molecule is C=C([Si]c1ccccc1)c1ccccc1C. The Bertz CT molecular complexity index is 486. The third-order valence-corrected chi connectivity index (χ3v) is 3.73. The van der Waals surface area contributed by atoms with Gasteiger partial charge < -0.3 is 0 Å². The highest BCUT2D eigenvalue weighted by molar-refractivity contribution is 6.73. The topological polar surface area (TPSA) is 0 Å². The fraction of sp³-hybridized carbons (Fsp3) is 0.0667. The summed E-state index contributed by atoms with van der Waals surface area (Å²) in [5.74, 6) is 0. The molecule has 1 heteroatoms. The van der Waals surface area contributed by atoms with Gasteiger partial charge in [0.25, 0.3) is 0 Å². The number of hydrogen-bond donors (Lipinski definition) is 0. The third-order valence-electron chi connectivity index (χ3n) is 2.54. The minimum atomic E-state index is 0.658. The lowest BCUT2D eigenvalue weighted by atomic mass is 10.1. The van der Waals surface area contributed by atoms with E-state index in [1.165, 1.54) is 21.5 Å². The zero-order valence-electron chi connectivity index (χ0n) is 9.40. The average molecular weight is 222 g/mol. The Labute approximate surface area is 99.5 Å². The maximum Gasteiger partial charge on any atom is 0.121 e. The van der Waals surface area contributed by atoms with Crippen molar-refractivity contribution in [1.82, 2.24) is 0 Å². The first-order valence-corrected chi connectivity index (χ1v) is 6.34. The Morgan fingerprint density at radius 3 is 2.25 bits per heavy atom. The van der Waals surface area contributed by atoms with Crippen LogP contribution in [0.5, 0.6) is 0 Å². The van der Waals surface area contributed by atoms with Gasteiger partial charge in [-0.1, -0.05) is 71.6 Å². The van der Waals surface area contributed by atoms with Gasteiger partial charge in [-0.05, 0) is 18.1 Å². The van der Waals surface area contributed by atoms with Crippen molar-refractivity contribution < 1.29 is 0 Å². The van der Waals surface area contributed by atoms with Crippen LogP contribution in [0.4, 0.5) is 0 Å². The lowest BCUT2D eigenvalue weighted by molar-refractivity contribution is 1.44. The molecule has 2 rings (SSSR count). The first kappa shape index (κ1) is 10.9. The fourth-order valence-electron chi connectivity index (χ4n) is 1.67. The van der Waals surface area contributed by atoms with Gasteiger partial charge >= 0.3 is 0 Å². The Balaban J connectivity index is 2.19. The van der Waals surface area contributed by atoms with E-state index in [1.807, 2.05) is 6.07 Å². The molecule has 16 heavy (non-hydrogen) atoms. The summed E-state index contributed by atoms with van der Waals surface area (Å²) in [5.41, 5.74) is 2.58. The molecule has 0 aromatic heterocycles. The minimum Gasteiger partial charge on any atom is -0.0993 e. The molecule has 0 fully saturated rings. The van der Waals surface area contributed by atoms with Crippen molar-refractivity contribution in [1.29, 1.82) is 0 Å². The molecule has 2 radical (unpaired) electrons. The van der Waals surface area contributed by atoms with Gasteiger partial charge in [-0.3, -0.25) is 0 Å². The molecule has 0 unspecified atom stereocenters. The second-order valence-electron chi connectivity index (χ2n) is 3.78. The molecular formula is C15H14Si. The van der Waals surface area contributed by atoms with E-state index in [2.05, 4.69) is 62.0 Å². The monoisotopic (exact) mass is 222 g/mol. The first-order chi connectivity index (χ1) is 7.77. The quantitative estimate of drug-likeness (QED) is 0.700. The van der Waals surface area contributed by atoms with Crippen molar-refractivity contribution >= 4 is 19.9 Å². The van der Waals surface area contributed by atoms with Crippen LogP contribution in [0.2, 0.25) is 0 Å². The fourth-order valence-corrected chi connectivity index (χ4v) is 2.80. The molecule has 2 aromatic rings. The molecule has 78 valence electrons. The van der Waals surface area contributed by atoms with E-state index < -0.39 is 0 Å². The van der Waals surface area contributed by atoms with E-state index >= 15 is 0 Å². The molecule has 0 spiro atoms. The molecule has 0 saturated carbocycles. The summed E-state index contributed by atoms with van der Waals surface area (Å²) in [6.45, 7) is 6.33. The van der Waals surface area contributed by atoms with Crippen LogP contribution in [-0.2, 0) is 0 Å². The van der Waals surface area contributed by atoms with Crippen molar-refractivity contribution in [2.24, 2.45) is 0 Å². The van der Waals surface area contributed by atoms with E-state index in [0.717, 1.165) is 0 Å². The summed E-state index contributed by atoms with van der Waals surface area (Å²) in [6, 6.07) is 18.9. The average Bonchev–Trinajstić information content (AvgIpc) is 2.31.